The number of carbonyl (C=O) groups excluding carboxylic acids is 1. The zero-order valence-electron chi connectivity index (χ0n) is 9.36. The molecule has 0 heterocycles. The summed E-state index contributed by atoms with van der Waals surface area (Å²) in [7, 11) is 1.51. The maximum atomic E-state index is 11.1. The number of carboxylic acids is 1. The highest BCUT2D eigenvalue weighted by Crippen LogP contribution is 2.00. The number of rotatable bonds is 8. The number of nitrogens with one attached hydrogen (secondary N) is 1. The summed E-state index contributed by atoms with van der Waals surface area (Å²) in [6.07, 6.45) is 0. The van der Waals surface area contributed by atoms with Gasteiger partial charge in [-0.15, -0.1) is 0 Å². The molecule has 16 heavy (non-hydrogen) atoms. The number of carbonyl (C=O) groups is 2. The smallest absolute Gasteiger partial charge is 0.337 e. The summed E-state index contributed by atoms with van der Waals surface area (Å²) in [4.78, 5) is 21.6. The third-order valence-corrected chi connectivity index (χ3v) is 1.76. The third-order valence-electron chi connectivity index (χ3n) is 1.76. The number of hydrogen-bond acceptors (Lipinski definition) is 5. The Morgan fingerprint density at radius 2 is 2.00 bits per heavy atom. The highest BCUT2D eigenvalue weighted by Gasteiger charge is 2.30. The van der Waals surface area contributed by atoms with E-state index in [2.05, 4.69) is 5.32 Å². The Morgan fingerprint density at radius 3 is 2.50 bits per heavy atom. The molecule has 0 aliphatic rings. The Labute approximate surface area is 93.3 Å². The van der Waals surface area contributed by atoms with Gasteiger partial charge < -0.3 is 25.0 Å². The van der Waals surface area contributed by atoms with E-state index < -0.39 is 17.5 Å². The second-order valence-electron chi connectivity index (χ2n) is 3.40. The van der Waals surface area contributed by atoms with Crippen molar-refractivity contribution in [3.8, 4) is 0 Å². The molecular formula is C9H17NO6. The van der Waals surface area contributed by atoms with E-state index in [1.165, 1.54) is 7.11 Å². The zero-order valence-corrected chi connectivity index (χ0v) is 9.36. The lowest BCUT2D eigenvalue weighted by Crippen LogP contribution is -2.47. The average molecular weight is 235 g/mol. The highest BCUT2D eigenvalue weighted by atomic mass is 16.5. The zero-order chi connectivity index (χ0) is 12.6. The summed E-state index contributed by atoms with van der Waals surface area (Å²) in [5, 5.41) is 20.1. The molecule has 94 valence electrons. The van der Waals surface area contributed by atoms with E-state index in [9.17, 15) is 14.7 Å². The largest absolute Gasteiger partial charge is 0.479 e. The van der Waals surface area contributed by atoms with Gasteiger partial charge in [-0.3, -0.25) is 4.79 Å². The minimum Gasteiger partial charge on any atom is -0.479 e. The fourth-order valence-electron chi connectivity index (χ4n) is 0.704. The maximum Gasteiger partial charge on any atom is 0.337 e. The van der Waals surface area contributed by atoms with Crippen molar-refractivity contribution in [3.05, 3.63) is 0 Å². The molecule has 0 aromatic rings. The number of methoxy groups -OCH3 is 1. The third kappa shape index (κ3) is 6.33. The lowest BCUT2D eigenvalue weighted by atomic mass is 10.1. The molecule has 0 rings (SSSR count). The molecule has 0 aromatic carbocycles. The molecule has 1 amide bonds. The summed E-state index contributed by atoms with van der Waals surface area (Å²) >= 11 is 0. The fraction of sp³-hybridized carbons (Fsp3) is 0.778. The van der Waals surface area contributed by atoms with Gasteiger partial charge in [-0.25, -0.2) is 4.79 Å². The Balaban J connectivity index is 3.69. The van der Waals surface area contributed by atoms with E-state index in [-0.39, 0.29) is 19.8 Å². The van der Waals surface area contributed by atoms with Gasteiger partial charge >= 0.3 is 5.97 Å². The lowest BCUT2D eigenvalue weighted by molar-refractivity contribution is -0.156. The SMILES string of the molecule is COCCOCC(=O)NCC(C)(O)C(=O)O. The minimum absolute atomic E-state index is 0.195. The molecule has 0 aliphatic carbocycles. The van der Waals surface area contributed by atoms with Crippen LogP contribution >= 0.6 is 0 Å². The van der Waals surface area contributed by atoms with Crippen LogP contribution in [0.15, 0.2) is 0 Å². The van der Waals surface area contributed by atoms with Gasteiger partial charge in [0.05, 0.1) is 19.8 Å². The predicted molar refractivity (Wildman–Crippen MR) is 54.0 cm³/mol. The van der Waals surface area contributed by atoms with Gasteiger partial charge in [0.1, 0.15) is 6.61 Å². The van der Waals surface area contributed by atoms with Crippen LogP contribution in [0.4, 0.5) is 0 Å². The first-order valence-corrected chi connectivity index (χ1v) is 4.69. The average Bonchev–Trinajstić information content (AvgIpc) is 2.21. The normalized spacial score (nSPS) is 14.2. The molecule has 0 saturated carbocycles. The minimum atomic E-state index is -1.97. The predicted octanol–water partition coefficient (Wildman–Crippen LogP) is -1.40. The van der Waals surface area contributed by atoms with Crippen molar-refractivity contribution in [3.63, 3.8) is 0 Å². The number of aliphatic hydroxyl groups is 1. The molecule has 0 aromatic heterocycles. The molecule has 0 saturated heterocycles. The summed E-state index contributed by atoms with van der Waals surface area (Å²) < 4.78 is 9.59. The van der Waals surface area contributed by atoms with Crippen LogP contribution < -0.4 is 5.32 Å². The molecule has 1 unspecified atom stereocenters. The van der Waals surface area contributed by atoms with E-state index in [1.807, 2.05) is 0 Å². The van der Waals surface area contributed by atoms with Crippen molar-refractivity contribution in [1.82, 2.24) is 5.32 Å². The van der Waals surface area contributed by atoms with Crippen molar-refractivity contribution in [1.29, 1.82) is 0 Å². The number of ether oxygens (including phenoxy) is 2. The maximum absolute atomic E-state index is 11.1. The Hall–Kier alpha value is -1.18. The molecule has 0 fully saturated rings. The molecule has 0 radical (unpaired) electrons. The van der Waals surface area contributed by atoms with Crippen molar-refractivity contribution in [2.45, 2.75) is 12.5 Å². The van der Waals surface area contributed by atoms with Crippen LogP contribution in [0.1, 0.15) is 6.92 Å². The topological polar surface area (TPSA) is 105 Å². The summed E-state index contributed by atoms with van der Waals surface area (Å²) in [5.74, 6) is -1.88. The van der Waals surface area contributed by atoms with Gasteiger partial charge in [0.15, 0.2) is 5.60 Å². The first-order chi connectivity index (χ1) is 7.40. The van der Waals surface area contributed by atoms with E-state index in [4.69, 9.17) is 14.6 Å². The highest BCUT2D eigenvalue weighted by molar-refractivity contribution is 5.80. The number of hydrogen-bond donors (Lipinski definition) is 3. The second kappa shape index (κ2) is 7.15. The van der Waals surface area contributed by atoms with Crippen LogP contribution in [0, 0.1) is 0 Å². The van der Waals surface area contributed by atoms with E-state index in [1.54, 1.807) is 0 Å². The van der Waals surface area contributed by atoms with Gasteiger partial charge in [0.25, 0.3) is 0 Å². The van der Waals surface area contributed by atoms with Crippen LogP contribution in [0.25, 0.3) is 0 Å². The van der Waals surface area contributed by atoms with E-state index >= 15 is 0 Å². The van der Waals surface area contributed by atoms with Crippen LogP contribution in [0.5, 0.6) is 0 Å². The Bertz CT molecular complexity index is 240. The molecule has 3 N–H and O–H groups in total. The van der Waals surface area contributed by atoms with Crippen molar-refractivity contribution < 1.29 is 29.3 Å². The van der Waals surface area contributed by atoms with Crippen LogP contribution in [0.3, 0.4) is 0 Å². The standard InChI is InChI=1S/C9H17NO6/c1-9(14,8(12)13)6-10-7(11)5-16-4-3-15-2/h14H,3-6H2,1-2H3,(H,10,11)(H,12,13). The Kier molecular flexibility index (Phi) is 6.63. The molecule has 0 aliphatic heterocycles. The fourth-order valence-corrected chi connectivity index (χ4v) is 0.704. The van der Waals surface area contributed by atoms with E-state index in [0.717, 1.165) is 6.92 Å². The van der Waals surface area contributed by atoms with Gasteiger partial charge in [0, 0.05) is 7.11 Å². The van der Waals surface area contributed by atoms with Crippen molar-refractivity contribution in [2.75, 3.05) is 33.5 Å². The molecule has 7 nitrogen and oxygen atoms in total. The summed E-state index contributed by atoms with van der Waals surface area (Å²) in [5.41, 5.74) is -1.97. The van der Waals surface area contributed by atoms with Crippen molar-refractivity contribution in [2.24, 2.45) is 0 Å². The van der Waals surface area contributed by atoms with E-state index in [0.29, 0.717) is 6.61 Å². The second-order valence-corrected chi connectivity index (χ2v) is 3.40. The summed E-state index contributed by atoms with van der Waals surface area (Å²) in [6.45, 7) is 1.19. The Morgan fingerprint density at radius 1 is 1.38 bits per heavy atom. The van der Waals surface area contributed by atoms with Crippen LogP contribution in [0.2, 0.25) is 0 Å². The van der Waals surface area contributed by atoms with Crippen LogP contribution in [-0.4, -0.2) is 61.2 Å². The first kappa shape index (κ1) is 14.8. The van der Waals surface area contributed by atoms with Gasteiger partial charge in [0.2, 0.25) is 5.91 Å². The molecule has 0 bridgehead atoms. The lowest BCUT2D eigenvalue weighted by Gasteiger charge is -2.18. The summed E-state index contributed by atoms with van der Waals surface area (Å²) in [6, 6.07) is 0. The monoisotopic (exact) mass is 235 g/mol. The number of amides is 1. The van der Waals surface area contributed by atoms with Gasteiger partial charge in [-0.1, -0.05) is 0 Å². The first-order valence-electron chi connectivity index (χ1n) is 4.69. The molecule has 7 heteroatoms. The van der Waals surface area contributed by atoms with Crippen LogP contribution in [-0.2, 0) is 19.1 Å². The molecule has 0 spiro atoms. The number of aliphatic carboxylic acids is 1. The van der Waals surface area contributed by atoms with Gasteiger partial charge in [-0.05, 0) is 6.92 Å². The molecular weight excluding hydrogens is 218 g/mol. The quantitative estimate of drug-likeness (QED) is 0.447. The van der Waals surface area contributed by atoms with Gasteiger partial charge in [-0.2, -0.15) is 0 Å². The van der Waals surface area contributed by atoms with Crippen molar-refractivity contribution >= 4 is 11.9 Å². The molecule has 1 atom stereocenters. The number of carboxylic acid groups (broad SMARTS) is 1.